The zero-order valence-electron chi connectivity index (χ0n) is 19.8. The fraction of sp³-hybridized carbons (Fsp3) is 0.222. The van der Waals surface area contributed by atoms with Crippen LogP contribution in [0.3, 0.4) is 0 Å². The lowest BCUT2D eigenvalue weighted by Gasteiger charge is -2.35. The number of para-hydroxylation sites is 1. The van der Waals surface area contributed by atoms with Gasteiger partial charge < -0.3 is 20.5 Å². The molecule has 2 aromatic carbocycles. The first-order valence-corrected chi connectivity index (χ1v) is 12.2. The molecule has 0 spiro atoms. The summed E-state index contributed by atoms with van der Waals surface area (Å²) in [6.45, 7) is 3.08. The number of aromatic amines is 1. The fourth-order valence-electron chi connectivity index (χ4n) is 4.57. The van der Waals surface area contributed by atoms with E-state index in [4.69, 9.17) is 16.6 Å². The number of nitrogens with zero attached hydrogens (tertiary/aromatic N) is 3. The smallest absolute Gasteiger partial charge is 0.248 e. The molecule has 0 saturated carbocycles. The Morgan fingerprint density at radius 2 is 2.14 bits per heavy atom. The fourth-order valence-corrected chi connectivity index (χ4v) is 4.76. The summed E-state index contributed by atoms with van der Waals surface area (Å²) in [5, 5.41) is 7.58. The number of rotatable bonds is 6. The van der Waals surface area contributed by atoms with Gasteiger partial charge in [0.25, 0.3) is 0 Å². The van der Waals surface area contributed by atoms with Crippen LogP contribution in [0.2, 0.25) is 5.02 Å². The molecule has 3 N–H and O–H groups in total. The minimum atomic E-state index is -0.377. The number of piperidine rings is 1. The maximum atomic E-state index is 14.9. The van der Waals surface area contributed by atoms with Crippen molar-refractivity contribution in [3.8, 4) is 11.3 Å². The molecule has 36 heavy (non-hydrogen) atoms. The van der Waals surface area contributed by atoms with Gasteiger partial charge in [-0.25, -0.2) is 14.4 Å². The monoisotopic (exact) mass is 504 g/mol. The molecule has 9 heteroatoms. The van der Waals surface area contributed by atoms with Crippen molar-refractivity contribution in [1.29, 1.82) is 0 Å². The lowest BCUT2D eigenvalue weighted by atomic mass is 10.0. The molecule has 0 unspecified atom stereocenters. The number of aromatic nitrogens is 3. The van der Waals surface area contributed by atoms with Crippen molar-refractivity contribution < 1.29 is 9.18 Å². The normalized spacial score (nSPS) is 16.0. The van der Waals surface area contributed by atoms with Gasteiger partial charge in [-0.3, -0.25) is 4.79 Å². The first-order valence-electron chi connectivity index (χ1n) is 11.9. The van der Waals surface area contributed by atoms with Crippen molar-refractivity contribution in [1.82, 2.24) is 15.0 Å². The van der Waals surface area contributed by atoms with E-state index in [0.29, 0.717) is 34.6 Å². The Kier molecular flexibility index (Phi) is 6.86. The number of amides is 1. The number of fused-ring (bicyclic) bond motifs is 1. The number of hydrogen-bond acceptors (Lipinski definition) is 5. The second-order valence-corrected chi connectivity index (χ2v) is 9.13. The van der Waals surface area contributed by atoms with Gasteiger partial charge >= 0.3 is 0 Å². The molecule has 0 bridgehead atoms. The van der Waals surface area contributed by atoms with Gasteiger partial charge in [0, 0.05) is 47.5 Å². The van der Waals surface area contributed by atoms with Crippen molar-refractivity contribution in [3.05, 3.63) is 77.9 Å². The van der Waals surface area contributed by atoms with Crippen molar-refractivity contribution in [2.24, 2.45) is 0 Å². The van der Waals surface area contributed by atoms with Crippen LogP contribution >= 0.6 is 11.6 Å². The molecule has 184 valence electrons. The molecular formula is C27H26ClFN6O. The molecule has 1 atom stereocenters. The summed E-state index contributed by atoms with van der Waals surface area (Å²) in [7, 11) is 0. The zero-order chi connectivity index (χ0) is 25.1. The average molecular weight is 505 g/mol. The molecule has 1 fully saturated rings. The van der Waals surface area contributed by atoms with E-state index >= 15 is 0 Å². The lowest BCUT2D eigenvalue weighted by molar-refractivity contribution is -0.111. The predicted molar refractivity (Wildman–Crippen MR) is 143 cm³/mol. The minimum absolute atomic E-state index is 0.0317. The first-order chi connectivity index (χ1) is 17.5. The van der Waals surface area contributed by atoms with Gasteiger partial charge in [-0.2, -0.15) is 0 Å². The number of allylic oxidation sites excluding steroid dienone is 1. The van der Waals surface area contributed by atoms with Gasteiger partial charge in [0.05, 0.1) is 22.6 Å². The van der Waals surface area contributed by atoms with Crippen molar-refractivity contribution in [3.63, 3.8) is 0 Å². The van der Waals surface area contributed by atoms with E-state index in [-0.39, 0.29) is 17.8 Å². The number of H-pyrrole nitrogens is 1. The van der Waals surface area contributed by atoms with Crippen LogP contribution in [0.5, 0.6) is 0 Å². The molecule has 3 heterocycles. The van der Waals surface area contributed by atoms with E-state index in [9.17, 15) is 9.18 Å². The summed E-state index contributed by atoms with van der Waals surface area (Å²) in [6.07, 6.45) is 8.33. The Labute approximate surface area is 213 Å². The van der Waals surface area contributed by atoms with Gasteiger partial charge in [0.15, 0.2) is 0 Å². The number of nitrogens with one attached hydrogen (secondary N) is 3. The van der Waals surface area contributed by atoms with Gasteiger partial charge in [0.2, 0.25) is 11.9 Å². The van der Waals surface area contributed by atoms with Crippen LogP contribution in [0.1, 0.15) is 19.8 Å². The molecule has 2 aromatic heterocycles. The standard InChI is InChI=1S/C27H26ClFN6O/c1-2-6-25(36)32-17-10-11-24(22(29)13-17)35-12-5-7-18(16-35)33-27-31-15-21(28)26(34-27)20-14-30-23-9-4-3-8-19(20)23/h2-4,6,8-11,13-15,18,30H,5,7,12,16H2,1H3,(H,32,36)(H,31,33,34)/b6-2+/t18-/m1/s1. The molecule has 1 amide bonds. The first kappa shape index (κ1) is 23.8. The van der Waals surface area contributed by atoms with Gasteiger partial charge in [0.1, 0.15) is 5.82 Å². The molecule has 1 saturated heterocycles. The van der Waals surface area contributed by atoms with Gasteiger partial charge in [-0.1, -0.05) is 35.9 Å². The summed E-state index contributed by atoms with van der Waals surface area (Å²) in [5.74, 6) is -0.186. The summed E-state index contributed by atoms with van der Waals surface area (Å²) in [5.41, 5.74) is 3.50. The van der Waals surface area contributed by atoms with Crippen LogP contribution in [-0.4, -0.2) is 40.0 Å². The van der Waals surface area contributed by atoms with Crippen LogP contribution in [0, 0.1) is 5.82 Å². The molecule has 1 aliphatic heterocycles. The maximum absolute atomic E-state index is 14.9. The number of carbonyl (C=O) groups excluding carboxylic acids is 1. The number of halogens is 2. The second-order valence-electron chi connectivity index (χ2n) is 8.72. The topological polar surface area (TPSA) is 85.9 Å². The lowest BCUT2D eigenvalue weighted by Crippen LogP contribution is -2.42. The van der Waals surface area contributed by atoms with Crippen LogP contribution in [-0.2, 0) is 4.79 Å². The largest absolute Gasteiger partial charge is 0.367 e. The third-order valence-corrected chi connectivity index (χ3v) is 6.49. The van der Waals surface area contributed by atoms with E-state index in [2.05, 4.69) is 20.6 Å². The predicted octanol–water partition coefficient (Wildman–Crippen LogP) is 6.01. The number of carbonyl (C=O) groups is 1. The van der Waals surface area contributed by atoms with Crippen LogP contribution < -0.4 is 15.5 Å². The number of hydrogen-bond donors (Lipinski definition) is 3. The minimum Gasteiger partial charge on any atom is -0.367 e. The molecule has 1 aliphatic rings. The Balaban J connectivity index is 1.31. The average Bonchev–Trinajstić information content (AvgIpc) is 3.30. The molecule has 0 radical (unpaired) electrons. The van der Waals surface area contributed by atoms with Crippen LogP contribution in [0.15, 0.2) is 67.0 Å². The maximum Gasteiger partial charge on any atom is 0.248 e. The summed E-state index contributed by atoms with van der Waals surface area (Å²) < 4.78 is 14.9. The van der Waals surface area contributed by atoms with E-state index in [1.807, 2.05) is 35.4 Å². The Bertz CT molecular complexity index is 1440. The highest BCUT2D eigenvalue weighted by Gasteiger charge is 2.23. The number of benzene rings is 2. The molecule has 0 aliphatic carbocycles. The second kappa shape index (κ2) is 10.4. The third-order valence-electron chi connectivity index (χ3n) is 6.22. The quantitative estimate of drug-likeness (QED) is 0.280. The van der Waals surface area contributed by atoms with E-state index in [1.165, 1.54) is 12.1 Å². The molecule has 5 rings (SSSR count). The van der Waals surface area contributed by atoms with E-state index in [0.717, 1.165) is 35.9 Å². The molecule has 4 aromatic rings. The van der Waals surface area contributed by atoms with Gasteiger partial charge in [-0.05, 0) is 50.1 Å². The van der Waals surface area contributed by atoms with E-state index in [1.54, 1.807) is 31.3 Å². The number of anilines is 3. The Morgan fingerprint density at radius 3 is 2.97 bits per heavy atom. The highest BCUT2D eigenvalue weighted by atomic mass is 35.5. The highest BCUT2D eigenvalue weighted by Crippen LogP contribution is 2.33. The molecule has 7 nitrogen and oxygen atoms in total. The summed E-state index contributed by atoms with van der Waals surface area (Å²) >= 11 is 6.47. The van der Waals surface area contributed by atoms with Crippen LogP contribution in [0.4, 0.5) is 21.7 Å². The van der Waals surface area contributed by atoms with Crippen LogP contribution in [0.25, 0.3) is 22.2 Å². The molecular weight excluding hydrogens is 479 g/mol. The van der Waals surface area contributed by atoms with E-state index < -0.39 is 0 Å². The Morgan fingerprint density at radius 1 is 1.28 bits per heavy atom. The Hall–Kier alpha value is -3.91. The zero-order valence-corrected chi connectivity index (χ0v) is 20.5. The summed E-state index contributed by atoms with van der Waals surface area (Å²) in [6, 6.07) is 12.8. The summed E-state index contributed by atoms with van der Waals surface area (Å²) in [4.78, 5) is 26.1. The van der Waals surface area contributed by atoms with Gasteiger partial charge in [-0.15, -0.1) is 0 Å². The third kappa shape index (κ3) is 5.04. The highest BCUT2D eigenvalue weighted by molar-refractivity contribution is 6.33. The van der Waals surface area contributed by atoms with Crippen molar-refractivity contribution in [2.75, 3.05) is 28.6 Å². The SMILES string of the molecule is C/C=C/C(=O)Nc1ccc(N2CCC[C@@H](Nc3ncc(Cl)c(-c4c[nH]c5ccccc45)n3)C2)c(F)c1. The van der Waals surface area contributed by atoms with Crippen molar-refractivity contribution in [2.45, 2.75) is 25.8 Å². The van der Waals surface area contributed by atoms with Crippen molar-refractivity contribution >= 4 is 45.7 Å².